The molecule has 3 rings (SSSR count). The van der Waals surface area contributed by atoms with Gasteiger partial charge < -0.3 is 10.6 Å². The lowest BCUT2D eigenvalue weighted by Crippen LogP contribution is -2.42. The summed E-state index contributed by atoms with van der Waals surface area (Å²) in [5.41, 5.74) is 0.292. The fourth-order valence-electron chi connectivity index (χ4n) is 3.29. The Balaban J connectivity index is 0.00000280. The Labute approximate surface area is 186 Å². The number of hydrogen-bond acceptors (Lipinski definition) is 3. The van der Waals surface area contributed by atoms with Crippen molar-refractivity contribution in [3.05, 3.63) is 57.8 Å². The summed E-state index contributed by atoms with van der Waals surface area (Å²) in [5, 5.41) is 8.49. The molecular formula is C20H27F2IN4S. The summed E-state index contributed by atoms with van der Waals surface area (Å²) in [5.74, 6) is 0.344. The third-order valence-corrected chi connectivity index (χ3v) is 5.76. The predicted molar refractivity (Wildman–Crippen MR) is 122 cm³/mol. The summed E-state index contributed by atoms with van der Waals surface area (Å²) < 4.78 is 27.0. The lowest BCUT2D eigenvalue weighted by Gasteiger charge is -2.32. The van der Waals surface area contributed by atoms with E-state index in [0.717, 1.165) is 51.2 Å². The summed E-state index contributed by atoms with van der Waals surface area (Å²) in [7, 11) is 1.68. The standard InChI is InChI=1S/C20H26F2N4S.HI/c1-23-20(25-13-16-11-17(21)4-5-19(16)22)24-12-15-6-8-26(9-7-15)14-18-3-2-10-27-18;/h2-5,10-11,15H,6-9,12-14H2,1H3,(H2,23,24,25);1H. The van der Waals surface area contributed by atoms with Gasteiger partial charge in [-0.15, -0.1) is 35.3 Å². The number of halogens is 3. The maximum atomic E-state index is 13.7. The molecule has 1 fully saturated rings. The quantitative estimate of drug-likeness (QED) is 0.341. The fraction of sp³-hybridized carbons (Fsp3) is 0.450. The highest BCUT2D eigenvalue weighted by Gasteiger charge is 2.19. The number of likely N-dealkylation sites (tertiary alicyclic amines) is 1. The van der Waals surface area contributed by atoms with Crippen LogP contribution in [0.15, 0.2) is 40.7 Å². The molecule has 0 atom stereocenters. The lowest BCUT2D eigenvalue weighted by atomic mass is 9.97. The van der Waals surface area contributed by atoms with Gasteiger partial charge in [-0.1, -0.05) is 6.07 Å². The molecule has 0 bridgehead atoms. The van der Waals surface area contributed by atoms with Crippen molar-refractivity contribution in [1.29, 1.82) is 0 Å². The second-order valence-corrected chi connectivity index (χ2v) is 7.87. The van der Waals surface area contributed by atoms with Crippen LogP contribution in [0.4, 0.5) is 8.78 Å². The van der Waals surface area contributed by atoms with E-state index in [2.05, 4.69) is 38.0 Å². The van der Waals surface area contributed by atoms with Gasteiger partial charge in [0.25, 0.3) is 0 Å². The number of aliphatic imine (C=N–C) groups is 1. The van der Waals surface area contributed by atoms with E-state index in [1.165, 1.54) is 10.9 Å². The van der Waals surface area contributed by atoms with Crippen molar-refractivity contribution in [2.45, 2.75) is 25.9 Å². The van der Waals surface area contributed by atoms with Gasteiger partial charge in [-0.2, -0.15) is 0 Å². The average molecular weight is 520 g/mol. The third kappa shape index (κ3) is 6.97. The molecule has 0 spiro atoms. The summed E-state index contributed by atoms with van der Waals surface area (Å²) in [6, 6.07) is 7.77. The van der Waals surface area contributed by atoms with E-state index in [-0.39, 0.29) is 30.5 Å². The molecule has 1 aromatic heterocycles. The van der Waals surface area contributed by atoms with Crippen LogP contribution in [-0.4, -0.2) is 37.5 Å². The van der Waals surface area contributed by atoms with Crippen molar-refractivity contribution in [3.63, 3.8) is 0 Å². The molecule has 0 unspecified atom stereocenters. The number of benzene rings is 1. The molecule has 154 valence electrons. The number of guanidine groups is 1. The van der Waals surface area contributed by atoms with Crippen LogP contribution in [0.25, 0.3) is 0 Å². The molecule has 1 saturated heterocycles. The van der Waals surface area contributed by atoms with Crippen LogP contribution in [0, 0.1) is 17.6 Å². The van der Waals surface area contributed by atoms with Crippen molar-refractivity contribution in [2.24, 2.45) is 10.9 Å². The molecule has 2 aromatic rings. The molecule has 1 aromatic carbocycles. The highest BCUT2D eigenvalue weighted by atomic mass is 127. The van der Waals surface area contributed by atoms with Crippen LogP contribution in [-0.2, 0) is 13.1 Å². The summed E-state index contributed by atoms with van der Waals surface area (Å²) in [4.78, 5) is 8.09. The third-order valence-electron chi connectivity index (χ3n) is 4.90. The largest absolute Gasteiger partial charge is 0.356 e. The van der Waals surface area contributed by atoms with Crippen molar-refractivity contribution >= 4 is 41.3 Å². The monoisotopic (exact) mass is 520 g/mol. The number of hydrogen-bond donors (Lipinski definition) is 2. The van der Waals surface area contributed by atoms with E-state index < -0.39 is 11.6 Å². The number of nitrogens with one attached hydrogen (secondary N) is 2. The minimum atomic E-state index is -0.439. The molecule has 2 heterocycles. The topological polar surface area (TPSA) is 39.7 Å². The zero-order chi connectivity index (χ0) is 19.1. The molecule has 2 N–H and O–H groups in total. The SMILES string of the molecule is CN=C(NCc1cc(F)ccc1F)NCC1CCN(Cc2cccs2)CC1.I. The summed E-state index contributed by atoms with van der Waals surface area (Å²) in [6.07, 6.45) is 2.29. The molecule has 4 nitrogen and oxygen atoms in total. The van der Waals surface area contributed by atoms with Gasteiger partial charge in [0.15, 0.2) is 5.96 Å². The first-order valence-electron chi connectivity index (χ1n) is 9.27. The Morgan fingerprint density at radius 3 is 2.68 bits per heavy atom. The second kappa shape index (κ2) is 11.7. The highest BCUT2D eigenvalue weighted by molar-refractivity contribution is 14.0. The van der Waals surface area contributed by atoms with Crippen molar-refractivity contribution < 1.29 is 8.78 Å². The van der Waals surface area contributed by atoms with Crippen LogP contribution in [0.5, 0.6) is 0 Å². The molecular weight excluding hydrogens is 493 g/mol. The molecule has 0 radical (unpaired) electrons. The van der Waals surface area contributed by atoms with Gasteiger partial charge in [0.05, 0.1) is 0 Å². The molecule has 8 heteroatoms. The number of thiophene rings is 1. The maximum absolute atomic E-state index is 13.7. The van der Waals surface area contributed by atoms with Gasteiger partial charge in [-0.3, -0.25) is 9.89 Å². The molecule has 0 aliphatic carbocycles. The van der Waals surface area contributed by atoms with Gasteiger partial charge in [0, 0.05) is 37.1 Å². The van der Waals surface area contributed by atoms with Gasteiger partial charge in [-0.25, -0.2) is 8.78 Å². The Kier molecular flexibility index (Phi) is 9.60. The van der Waals surface area contributed by atoms with E-state index in [0.29, 0.717) is 17.4 Å². The number of piperidine rings is 1. The molecule has 1 aliphatic rings. The summed E-state index contributed by atoms with van der Waals surface area (Å²) in [6.45, 7) is 4.27. The molecule has 28 heavy (non-hydrogen) atoms. The van der Waals surface area contributed by atoms with Crippen LogP contribution in [0.1, 0.15) is 23.3 Å². The van der Waals surface area contributed by atoms with E-state index in [9.17, 15) is 8.78 Å². The van der Waals surface area contributed by atoms with Crippen molar-refractivity contribution in [2.75, 3.05) is 26.7 Å². The predicted octanol–water partition coefficient (Wildman–Crippen LogP) is 4.22. The Morgan fingerprint density at radius 1 is 1.21 bits per heavy atom. The van der Waals surface area contributed by atoms with E-state index in [1.807, 2.05) is 11.3 Å². The fourth-order valence-corrected chi connectivity index (χ4v) is 4.04. The normalized spacial score (nSPS) is 15.9. The Morgan fingerprint density at radius 2 is 2.00 bits per heavy atom. The summed E-state index contributed by atoms with van der Waals surface area (Å²) >= 11 is 1.81. The number of rotatable bonds is 6. The maximum Gasteiger partial charge on any atom is 0.191 e. The van der Waals surface area contributed by atoms with E-state index in [4.69, 9.17) is 0 Å². The number of nitrogens with zero attached hydrogens (tertiary/aromatic N) is 2. The molecule has 1 aliphatic heterocycles. The van der Waals surface area contributed by atoms with Gasteiger partial charge >= 0.3 is 0 Å². The molecule has 0 amide bonds. The molecule has 0 saturated carbocycles. The van der Waals surface area contributed by atoms with Crippen molar-refractivity contribution in [1.82, 2.24) is 15.5 Å². The average Bonchev–Trinajstić information content (AvgIpc) is 3.19. The Bertz CT molecular complexity index is 747. The minimum absolute atomic E-state index is 0. The lowest BCUT2D eigenvalue weighted by molar-refractivity contribution is 0.179. The van der Waals surface area contributed by atoms with Crippen LogP contribution in [0.2, 0.25) is 0 Å². The van der Waals surface area contributed by atoms with E-state index in [1.54, 1.807) is 7.05 Å². The van der Waals surface area contributed by atoms with Gasteiger partial charge in [0.2, 0.25) is 0 Å². The second-order valence-electron chi connectivity index (χ2n) is 6.84. The van der Waals surface area contributed by atoms with Crippen LogP contribution < -0.4 is 10.6 Å². The van der Waals surface area contributed by atoms with Crippen LogP contribution >= 0.6 is 35.3 Å². The smallest absolute Gasteiger partial charge is 0.191 e. The van der Waals surface area contributed by atoms with Crippen LogP contribution in [0.3, 0.4) is 0 Å². The zero-order valence-corrected chi connectivity index (χ0v) is 19.1. The zero-order valence-electron chi connectivity index (χ0n) is 16.0. The first-order valence-corrected chi connectivity index (χ1v) is 10.1. The van der Waals surface area contributed by atoms with Crippen molar-refractivity contribution in [3.8, 4) is 0 Å². The highest BCUT2D eigenvalue weighted by Crippen LogP contribution is 2.20. The van der Waals surface area contributed by atoms with Gasteiger partial charge in [-0.05, 0) is 61.5 Å². The van der Waals surface area contributed by atoms with Gasteiger partial charge in [0.1, 0.15) is 11.6 Å². The Hall–Kier alpha value is -1.26. The first kappa shape index (κ1) is 23.0. The first-order chi connectivity index (χ1) is 13.1. The van der Waals surface area contributed by atoms with E-state index >= 15 is 0 Å². The minimum Gasteiger partial charge on any atom is -0.356 e.